The maximum absolute atomic E-state index is 13.3. The van der Waals surface area contributed by atoms with Gasteiger partial charge in [0.25, 0.3) is 0 Å². The van der Waals surface area contributed by atoms with E-state index in [-0.39, 0.29) is 5.82 Å². The number of rotatable bonds is 3. The van der Waals surface area contributed by atoms with Gasteiger partial charge in [-0.2, -0.15) is 5.26 Å². The van der Waals surface area contributed by atoms with Gasteiger partial charge in [0, 0.05) is 11.8 Å². The molecule has 1 heterocycles. The van der Waals surface area contributed by atoms with E-state index in [1.54, 1.807) is 25.3 Å². The largest absolute Gasteiger partial charge is 0.482 e. The van der Waals surface area contributed by atoms with Crippen LogP contribution in [0.2, 0.25) is 0 Å². The van der Waals surface area contributed by atoms with Gasteiger partial charge >= 0.3 is 0 Å². The summed E-state index contributed by atoms with van der Waals surface area (Å²) in [5, 5.41) is 9.01. The summed E-state index contributed by atoms with van der Waals surface area (Å²) in [7, 11) is 0. The lowest BCUT2D eigenvalue weighted by Gasteiger charge is -2.17. The molecule has 2 N–H and O–H groups in total. The average Bonchev–Trinajstić information content (AvgIpc) is 2.41. The number of nitrogens with two attached hydrogens (primary N) is 1. The molecule has 0 spiro atoms. The molecule has 2 aromatic rings. The van der Waals surface area contributed by atoms with Gasteiger partial charge in [0.2, 0.25) is 0 Å². The smallest absolute Gasteiger partial charge is 0.166 e. The molecule has 0 bridgehead atoms. The summed E-state index contributed by atoms with van der Waals surface area (Å²) in [6.45, 7) is 1.72. The molecule has 4 nitrogen and oxygen atoms in total. The second-order valence-corrected chi connectivity index (χ2v) is 3.99. The third-order valence-corrected chi connectivity index (χ3v) is 2.68. The van der Waals surface area contributed by atoms with Gasteiger partial charge < -0.3 is 10.5 Å². The number of aromatic nitrogens is 1. The zero-order valence-corrected chi connectivity index (χ0v) is 10.3. The SMILES string of the molecule is CC(Oc1cccnc1N)c1cc(F)ccc1C#N. The molecule has 1 unspecified atom stereocenters. The van der Waals surface area contributed by atoms with E-state index < -0.39 is 11.9 Å². The summed E-state index contributed by atoms with van der Waals surface area (Å²) in [6.07, 6.45) is 1.05. The van der Waals surface area contributed by atoms with Gasteiger partial charge in [0.1, 0.15) is 11.9 Å². The van der Waals surface area contributed by atoms with E-state index in [4.69, 9.17) is 15.7 Å². The predicted octanol–water partition coefficient (Wildman–Crippen LogP) is 2.81. The summed E-state index contributed by atoms with van der Waals surface area (Å²) in [5.74, 6) is 0.246. The minimum atomic E-state index is -0.503. The Labute approximate surface area is 110 Å². The number of ether oxygens (including phenoxy) is 1. The first-order valence-electron chi connectivity index (χ1n) is 5.68. The number of hydrogen-bond donors (Lipinski definition) is 1. The van der Waals surface area contributed by atoms with Crippen LogP contribution in [0.4, 0.5) is 10.2 Å². The molecule has 1 aromatic carbocycles. The molecule has 0 saturated heterocycles. The van der Waals surface area contributed by atoms with E-state index in [0.717, 1.165) is 0 Å². The quantitative estimate of drug-likeness (QED) is 0.917. The zero-order chi connectivity index (χ0) is 13.8. The standard InChI is InChI=1S/C14H12FN3O/c1-9(19-13-3-2-6-18-14(13)17)12-7-11(15)5-4-10(12)8-16/h2-7,9H,1H3,(H2,17,18). The first-order valence-corrected chi connectivity index (χ1v) is 5.68. The molecule has 0 aliphatic rings. The minimum absolute atomic E-state index is 0.254. The number of halogens is 1. The Balaban J connectivity index is 2.30. The monoisotopic (exact) mass is 257 g/mol. The molecule has 1 aromatic heterocycles. The molecule has 0 saturated carbocycles. The number of hydrogen-bond acceptors (Lipinski definition) is 4. The van der Waals surface area contributed by atoms with E-state index in [1.165, 1.54) is 18.2 Å². The van der Waals surface area contributed by atoms with Crippen LogP contribution in [0.25, 0.3) is 0 Å². The molecule has 0 aliphatic heterocycles. The van der Waals surface area contributed by atoms with Crippen molar-refractivity contribution in [2.45, 2.75) is 13.0 Å². The van der Waals surface area contributed by atoms with Crippen molar-refractivity contribution in [2.24, 2.45) is 0 Å². The summed E-state index contributed by atoms with van der Waals surface area (Å²) in [4.78, 5) is 3.90. The van der Waals surface area contributed by atoms with Gasteiger partial charge in [-0.1, -0.05) is 0 Å². The Bertz CT molecular complexity index is 637. The van der Waals surface area contributed by atoms with Crippen LogP contribution in [-0.2, 0) is 0 Å². The maximum atomic E-state index is 13.3. The van der Waals surface area contributed by atoms with Crippen LogP contribution in [0.1, 0.15) is 24.2 Å². The molecular formula is C14H12FN3O. The fraction of sp³-hybridized carbons (Fsp3) is 0.143. The highest BCUT2D eigenvalue weighted by Gasteiger charge is 2.14. The van der Waals surface area contributed by atoms with Gasteiger partial charge in [-0.15, -0.1) is 0 Å². The highest BCUT2D eigenvalue weighted by molar-refractivity contribution is 5.46. The average molecular weight is 257 g/mol. The Hall–Kier alpha value is -2.61. The fourth-order valence-electron chi connectivity index (χ4n) is 1.73. The van der Waals surface area contributed by atoms with E-state index in [0.29, 0.717) is 16.9 Å². The zero-order valence-electron chi connectivity index (χ0n) is 10.3. The fourth-order valence-corrected chi connectivity index (χ4v) is 1.73. The highest BCUT2D eigenvalue weighted by atomic mass is 19.1. The molecule has 0 fully saturated rings. The lowest BCUT2D eigenvalue weighted by atomic mass is 10.0. The van der Waals surface area contributed by atoms with Gasteiger partial charge in [-0.3, -0.25) is 0 Å². The number of anilines is 1. The van der Waals surface area contributed by atoms with E-state index in [9.17, 15) is 4.39 Å². The lowest BCUT2D eigenvalue weighted by Crippen LogP contribution is -2.07. The molecule has 1 atom stereocenters. The van der Waals surface area contributed by atoms with Crippen LogP contribution in [-0.4, -0.2) is 4.98 Å². The first-order chi connectivity index (χ1) is 9.11. The molecule has 19 heavy (non-hydrogen) atoms. The van der Waals surface area contributed by atoms with Gasteiger partial charge in [-0.05, 0) is 37.3 Å². The van der Waals surface area contributed by atoms with Crippen molar-refractivity contribution in [1.82, 2.24) is 4.98 Å². The molecule has 5 heteroatoms. The summed E-state index contributed by atoms with van der Waals surface area (Å²) in [6, 6.07) is 9.33. The maximum Gasteiger partial charge on any atom is 0.166 e. The Morgan fingerprint density at radius 1 is 1.42 bits per heavy atom. The van der Waals surface area contributed by atoms with E-state index in [1.807, 2.05) is 6.07 Å². The van der Waals surface area contributed by atoms with Crippen LogP contribution in [0, 0.1) is 17.1 Å². The summed E-state index contributed by atoms with van der Waals surface area (Å²) in [5.41, 5.74) is 6.52. The van der Waals surface area contributed by atoms with Crippen molar-refractivity contribution in [2.75, 3.05) is 5.73 Å². The van der Waals surface area contributed by atoms with Crippen molar-refractivity contribution in [1.29, 1.82) is 5.26 Å². The Morgan fingerprint density at radius 2 is 2.21 bits per heavy atom. The molecule has 0 radical (unpaired) electrons. The molecular weight excluding hydrogens is 245 g/mol. The predicted molar refractivity (Wildman–Crippen MR) is 68.8 cm³/mol. The van der Waals surface area contributed by atoms with Crippen molar-refractivity contribution < 1.29 is 9.13 Å². The van der Waals surface area contributed by atoms with E-state index >= 15 is 0 Å². The summed E-state index contributed by atoms with van der Waals surface area (Å²) >= 11 is 0. The van der Waals surface area contributed by atoms with Gasteiger partial charge in [0.05, 0.1) is 11.6 Å². The first kappa shape index (κ1) is 12.8. The van der Waals surface area contributed by atoms with Crippen molar-refractivity contribution in [3.63, 3.8) is 0 Å². The second-order valence-electron chi connectivity index (χ2n) is 3.99. The normalized spacial score (nSPS) is 11.6. The van der Waals surface area contributed by atoms with Crippen LogP contribution in [0.15, 0.2) is 36.5 Å². The molecule has 2 rings (SSSR count). The topological polar surface area (TPSA) is 71.9 Å². The van der Waals surface area contributed by atoms with Gasteiger partial charge in [-0.25, -0.2) is 9.37 Å². The lowest BCUT2D eigenvalue weighted by molar-refractivity contribution is 0.227. The molecule has 0 aliphatic carbocycles. The minimum Gasteiger partial charge on any atom is -0.482 e. The number of benzene rings is 1. The number of nitrogen functional groups attached to an aromatic ring is 1. The molecule has 0 amide bonds. The second kappa shape index (κ2) is 5.36. The number of pyridine rings is 1. The van der Waals surface area contributed by atoms with E-state index in [2.05, 4.69) is 4.98 Å². The van der Waals surface area contributed by atoms with Crippen molar-refractivity contribution in [3.8, 4) is 11.8 Å². The highest BCUT2D eigenvalue weighted by Crippen LogP contribution is 2.27. The Morgan fingerprint density at radius 3 is 2.89 bits per heavy atom. The number of nitrogens with zero attached hydrogens (tertiary/aromatic N) is 2. The van der Waals surface area contributed by atoms with Crippen LogP contribution in [0.3, 0.4) is 0 Å². The van der Waals surface area contributed by atoms with Crippen LogP contribution >= 0.6 is 0 Å². The summed E-state index contributed by atoms with van der Waals surface area (Å²) < 4.78 is 18.9. The molecule has 96 valence electrons. The van der Waals surface area contributed by atoms with Crippen molar-refractivity contribution in [3.05, 3.63) is 53.5 Å². The third kappa shape index (κ3) is 2.80. The number of nitriles is 1. The Kier molecular flexibility index (Phi) is 3.62. The van der Waals surface area contributed by atoms with Crippen molar-refractivity contribution >= 4 is 5.82 Å². The van der Waals surface area contributed by atoms with Gasteiger partial charge in [0.15, 0.2) is 11.6 Å². The van der Waals surface area contributed by atoms with Crippen LogP contribution in [0.5, 0.6) is 5.75 Å². The third-order valence-electron chi connectivity index (χ3n) is 2.68. The van der Waals surface area contributed by atoms with Crippen LogP contribution < -0.4 is 10.5 Å².